The van der Waals surface area contributed by atoms with Crippen molar-refractivity contribution in [2.24, 2.45) is 4.99 Å². The lowest BCUT2D eigenvalue weighted by atomic mass is 10.1. The molecule has 1 saturated heterocycles. The molecule has 0 radical (unpaired) electrons. The standard InChI is InChI=1S/C10H14N2O2S/c1-5-11-6-7(15-5)9(14)12(8(6)13)10(2,3)4/h6-7H,1-4H3. The van der Waals surface area contributed by atoms with Gasteiger partial charge in [0.1, 0.15) is 5.25 Å². The summed E-state index contributed by atoms with van der Waals surface area (Å²) in [6, 6.07) is -0.471. The van der Waals surface area contributed by atoms with Crippen molar-refractivity contribution in [3.63, 3.8) is 0 Å². The minimum atomic E-state index is -0.471. The Balaban J connectivity index is 2.35. The molecular formula is C10H14N2O2S. The maximum atomic E-state index is 12.0. The molecule has 2 atom stereocenters. The van der Waals surface area contributed by atoms with Gasteiger partial charge in [-0.25, -0.2) is 0 Å². The Morgan fingerprint density at radius 1 is 1.27 bits per heavy atom. The van der Waals surface area contributed by atoms with Crippen LogP contribution in [0.25, 0.3) is 0 Å². The molecule has 0 aliphatic carbocycles. The number of likely N-dealkylation sites (tertiary alicyclic amines) is 1. The van der Waals surface area contributed by atoms with Crippen LogP contribution in [0.15, 0.2) is 4.99 Å². The maximum absolute atomic E-state index is 12.0. The van der Waals surface area contributed by atoms with Gasteiger partial charge in [-0.15, -0.1) is 0 Å². The van der Waals surface area contributed by atoms with E-state index in [0.717, 1.165) is 5.04 Å². The van der Waals surface area contributed by atoms with E-state index in [2.05, 4.69) is 4.99 Å². The van der Waals surface area contributed by atoms with E-state index in [9.17, 15) is 9.59 Å². The predicted molar refractivity (Wildman–Crippen MR) is 59.9 cm³/mol. The van der Waals surface area contributed by atoms with E-state index in [4.69, 9.17) is 0 Å². The summed E-state index contributed by atoms with van der Waals surface area (Å²) in [6.07, 6.45) is 0. The molecule has 2 amide bonds. The predicted octanol–water partition coefficient (Wildman–Crippen LogP) is 1.06. The highest BCUT2D eigenvalue weighted by Gasteiger charge is 2.54. The topological polar surface area (TPSA) is 49.7 Å². The van der Waals surface area contributed by atoms with Crippen molar-refractivity contribution in [3.8, 4) is 0 Å². The number of nitrogens with zero attached hydrogens (tertiary/aromatic N) is 2. The van der Waals surface area contributed by atoms with E-state index in [1.807, 2.05) is 27.7 Å². The molecule has 2 aliphatic heterocycles. The highest BCUT2D eigenvalue weighted by Crippen LogP contribution is 2.37. The van der Waals surface area contributed by atoms with Crippen LogP contribution >= 0.6 is 11.8 Å². The van der Waals surface area contributed by atoms with E-state index in [1.165, 1.54) is 16.7 Å². The van der Waals surface area contributed by atoms with Gasteiger partial charge in [-0.1, -0.05) is 11.8 Å². The molecule has 0 aromatic heterocycles. The molecule has 5 heteroatoms. The van der Waals surface area contributed by atoms with Crippen LogP contribution in [0.2, 0.25) is 0 Å². The number of imide groups is 1. The van der Waals surface area contributed by atoms with Gasteiger partial charge in [0.05, 0.1) is 5.04 Å². The first-order valence-electron chi connectivity index (χ1n) is 4.91. The number of amides is 2. The first kappa shape index (κ1) is 10.7. The number of fused-ring (bicyclic) bond motifs is 1. The van der Waals surface area contributed by atoms with E-state index in [0.29, 0.717) is 0 Å². The molecule has 0 aromatic rings. The Hall–Kier alpha value is -0.840. The third kappa shape index (κ3) is 1.49. The van der Waals surface area contributed by atoms with Crippen molar-refractivity contribution in [1.82, 2.24) is 4.90 Å². The molecule has 0 spiro atoms. The van der Waals surface area contributed by atoms with Gasteiger partial charge in [-0.3, -0.25) is 19.5 Å². The Kier molecular flexibility index (Phi) is 2.19. The van der Waals surface area contributed by atoms with Crippen molar-refractivity contribution in [1.29, 1.82) is 0 Å². The third-order valence-corrected chi connectivity index (χ3v) is 3.67. The number of carbonyl (C=O) groups excluding carboxylic acids is 2. The van der Waals surface area contributed by atoms with Crippen LogP contribution in [0.4, 0.5) is 0 Å². The van der Waals surface area contributed by atoms with Crippen LogP contribution in [-0.2, 0) is 9.59 Å². The number of aliphatic imine (C=N–C) groups is 1. The highest BCUT2D eigenvalue weighted by atomic mass is 32.2. The molecule has 0 bridgehead atoms. The van der Waals surface area contributed by atoms with Crippen molar-refractivity contribution in [3.05, 3.63) is 0 Å². The number of rotatable bonds is 0. The van der Waals surface area contributed by atoms with E-state index in [-0.39, 0.29) is 17.1 Å². The molecule has 4 nitrogen and oxygen atoms in total. The van der Waals surface area contributed by atoms with Gasteiger partial charge in [0.15, 0.2) is 6.04 Å². The first-order chi connectivity index (χ1) is 6.82. The fourth-order valence-corrected chi connectivity index (χ4v) is 3.00. The molecule has 0 N–H and O–H groups in total. The van der Waals surface area contributed by atoms with Gasteiger partial charge >= 0.3 is 0 Å². The number of hydrogen-bond acceptors (Lipinski definition) is 4. The van der Waals surface area contributed by atoms with Crippen molar-refractivity contribution in [2.75, 3.05) is 0 Å². The second-order valence-electron chi connectivity index (χ2n) is 4.81. The smallest absolute Gasteiger partial charge is 0.256 e. The summed E-state index contributed by atoms with van der Waals surface area (Å²) >= 11 is 1.41. The van der Waals surface area contributed by atoms with Gasteiger partial charge in [-0.05, 0) is 27.7 Å². The number of thioether (sulfide) groups is 1. The van der Waals surface area contributed by atoms with Crippen molar-refractivity contribution >= 4 is 28.6 Å². The van der Waals surface area contributed by atoms with Crippen LogP contribution in [-0.4, -0.2) is 38.6 Å². The van der Waals surface area contributed by atoms with Gasteiger partial charge in [0.2, 0.25) is 5.91 Å². The van der Waals surface area contributed by atoms with Crippen LogP contribution in [0.3, 0.4) is 0 Å². The Labute approximate surface area is 93.1 Å². The lowest BCUT2D eigenvalue weighted by Gasteiger charge is -2.30. The summed E-state index contributed by atoms with van der Waals surface area (Å²) in [5.74, 6) is -0.245. The number of carbonyl (C=O) groups is 2. The van der Waals surface area contributed by atoms with Gasteiger partial charge < -0.3 is 0 Å². The van der Waals surface area contributed by atoms with E-state index < -0.39 is 11.6 Å². The minimum absolute atomic E-state index is 0.0944. The second kappa shape index (κ2) is 3.07. The molecule has 0 aromatic carbocycles. The molecule has 2 heterocycles. The fraction of sp³-hybridized carbons (Fsp3) is 0.700. The summed E-state index contributed by atoms with van der Waals surface area (Å²) in [5, 5.41) is 0.525. The SMILES string of the molecule is CC1=NC2C(=O)N(C(C)(C)C)C(=O)C2S1. The molecule has 0 saturated carbocycles. The van der Waals surface area contributed by atoms with Gasteiger partial charge in [0.25, 0.3) is 5.91 Å². The summed E-state index contributed by atoms with van der Waals surface area (Å²) in [4.78, 5) is 29.5. The molecule has 82 valence electrons. The normalized spacial score (nSPS) is 30.9. The average Bonchev–Trinajstić information content (AvgIpc) is 2.52. The first-order valence-corrected chi connectivity index (χ1v) is 5.79. The molecular weight excluding hydrogens is 212 g/mol. The molecule has 2 rings (SSSR count). The number of hydrogen-bond donors (Lipinski definition) is 0. The maximum Gasteiger partial charge on any atom is 0.256 e. The minimum Gasteiger partial charge on any atom is -0.274 e. The second-order valence-corrected chi connectivity index (χ2v) is 6.15. The zero-order chi connectivity index (χ0) is 11.4. The zero-order valence-electron chi connectivity index (χ0n) is 9.27. The zero-order valence-corrected chi connectivity index (χ0v) is 10.1. The molecule has 2 unspecified atom stereocenters. The van der Waals surface area contributed by atoms with Gasteiger partial charge in [-0.2, -0.15) is 0 Å². The summed E-state index contributed by atoms with van der Waals surface area (Å²) in [6.45, 7) is 7.44. The quantitative estimate of drug-likeness (QED) is 0.580. The van der Waals surface area contributed by atoms with Gasteiger partial charge in [0, 0.05) is 5.54 Å². The average molecular weight is 226 g/mol. The van der Waals surface area contributed by atoms with Crippen LogP contribution in [0, 0.1) is 0 Å². The molecule has 2 aliphatic rings. The third-order valence-electron chi connectivity index (χ3n) is 2.51. The van der Waals surface area contributed by atoms with E-state index >= 15 is 0 Å². The lowest BCUT2D eigenvalue weighted by Crippen LogP contribution is -2.46. The molecule has 1 fully saturated rings. The molecule has 15 heavy (non-hydrogen) atoms. The highest BCUT2D eigenvalue weighted by molar-refractivity contribution is 8.15. The van der Waals surface area contributed by atoms with E-state index in [1.54, 1.807) is 0 Å². The lowest BCUT2D eigenvalue weighted by molar-refractivity contribution is -0.143. The fourth-order valence-electron chi connectivity index (χ4n) is 1.94. The Morgan fingerprint density at radius 3 is 2.33 bits per heavy atom. The Bertz CT molecular complexity index is 370. The Morgan fingerprint density at radius 2 is 1.87 bits per heavy atom. The van der Waals surface area contributed by atoms with Crippen molar-refractivity contribution in [2.45, 2.75) is 44.5 Å². The monoisotopic (exact) mass is 226 g/mol. The largest absolute Gasteiger partial charge is 0.274 e. The van der Waals surface area contributed by atoms with Crippen LogP contribution in [0.5, 0.6) is 0 Å². The summed E-state index contributed by atoms with van der Waals surface area (Å²) in [7, 11) is 0. The summed E-state index contributed by atoms with van der Waals surface area (Å²) < 4.78 is 0. The van der Waals surface area contributed by atoms with Crippen LogP contribution in [0.1, 0.15) is 27.7 Å². The van der Waals surface area contributed by atoms with Crippen molar-refractivity contribution < 1.29 is 9.59 Å². The summed E-state index contributed by atoms with van der Waals surface area (Å²) in [5.41, 5.74) is -0.442. The van der Waals surface area contributed by atoms with Crippen LogP contribution < -0.4 is 0 Å².